The number of nitrogens with zero attached hydrogens (tertiary/aromatic N) is 5. The SMILES string of the molecule is CN1CCCC1COc1nc2c(F)c(Cl)ncc2c(N(C(=O)OC(C)(C)C)C2CCN(C(=O)OC(C)(C)C)C2)c1N. The van der Waals surface area contributed by atoms with Crippen molar-refractivity contribution in [2.75, 3.05) is 43.9 Å². The van der Waals surface area contributed by atoms with Crippen molar-refractivity contribution in [1.82, 2.24) is 19.8 Å². The highest BCUT2D eigenvalue weighted by Gasteiger charge is 2.40. The molecule has 226 valence electrons. The topological polar surface area (TPSA) is 123 Å². The number of ether oxygens (including phenoxy) is 3. The van der Waals surface area contributed by atoms with Crippen LogP contribution in [0.15, 0.2) is 6.20 Å². The Morgan fingerprint density at radius 3 is 2.44 bits per heavy atom. The van der Waals surface area contributed by atoms with E-state index < -0.39 is 35.2 Å². The van der Waals surface area contributed by atoms with Crippen molar-refractivity contribution in [2.45, 2.75) is 84.1 Å². The van der Waals surface area contributed by atoms with Crippen LogP contribution in [0.4, 0.5) is 25.4 Å². The highest BCUT2D eigenvalue weighted by molar-refractivity contribution is 6.30. The van der Waals surface area contributed by atoms with Gasteiger partial charge >= 0.3 is 12.2 Å². The van der Waals surface area contributed by atoms with Crippen LogP contribution in [0.3, 0.4) is 0 Å². The predicted molar refractivity (Wildman–Crippen MR) is 155 cm³/mol. The fraction of sp³-hybridized carbons (Fsp3) is 0.643. The molecular weight excluding hydrogens is 555 g/mol. The van der Waals surface area contributed by atoms with Gasteiger partial charge in [0, 0.05) is 30.7 Å². The summed E-state index contributed by atoms with van der Waals surface area (Å²) in [5.74, 6) is -0.885. The minimum absolute atomic E-state index is 0.0236. The summed E-state index contributed by atoms with van der Waals surface area (Å²) in [5, 5.41) is -0.209. The van der Waals surface area contributed by atoms with Crippen LogP contribution in [0.1, 0.15) is 60.8 Å². The predicted octanol–water partition coefficient (Wildman–Crippen LogP) is 5.23. The number of nitrogen functional groups attached to an aromatic ring is 1. The lowest BCUT2D eigenvalue weighted by molar-refractivity contribution is 0.0287. The van der Waals surface area contributed by atoms with Gasteiger partial charge in [0.25, 0.3) is 0 Å². The number of amides is 2. The molecule has 2 atom stereocenters. The number of carbonyl (C=O) groups is 2. The highest BCUT2D eigenvalue weighted by atomic mass is 35.5. The lowest BCUT2D eigenvalue weighted by Gasteiger charge is -2.33. The Morgan fingerprint density at radius 2 is 1.83 bits per heavy atom. The zero-order valence-electron chi connectivity index (χ0n) is 24.8. The first-order valence-electron chi connectivity index (χ1n) is 13.8. The molecule has 4 rings (SSSR count). The molecule has 2 saturated heterocycles. The van der Waals surface area contributed by atoms with Gasteiger partial charge in [-0.2, -0.15) is 0 Å². The number of aromatic nitrogens is 2. The van der Waals surface area contributed by atoms with Crippen LogP contribution in [0, 0.1) is 5.82 Å². The third kappa shape index (κ3) is 7.03. The van der Waals surface area contributed by atoms with Crippen LogP contribution < -0.4 is 15.4 Å². The molecule has 2 amide bonds. The van der Waals surface area contributed by atoms with Crippen LogP contribution >= 0.6 is 11.6 Å². The molecule has 0 bridgehead atoms. The standard InChI is InChI=1S/C28H40ClFN6O5/c1-27(2,3)40-25(37)35-12-10-16(14-35)36(26(38)41-28(4,5)6)22-18-13-32-23(29)19(30)21(18)33-24(20(22)31)39-15-17-9-8-11-34(17)7/h13,16-17H,8-12,14-15,31H2,1-7H3. The van der Waals surface area contributed by atoms with E-state index in [9.17, 15) is 9.59 Å². The molecule has 0 aliphatic carbocycles. The van der Waals surface area contributed by atoms with E-state index in [-0.39, 0.29) is 52.5 Å². The molecule has 2 aromatic heterocycles. The second-order valence-electron chi connectivity index (χ2n) is 12.6. The smallest absolute Gasteiger partial charge is 0.415 e. The van der Waals surface area contributed by atoms with Crippen molar-refractivity contribution in [2.24, 2.45) is 0 Å². The van der Waals surface area contributed by atoms with Gasteiger partial charge in [-0.3, -0.25) is 4.90 Å². The molecule has 4 heterocycles. The number of likely N-dealkylation sites (N-methyl/N-ethyl adjacent to an activating group) is 1. The molecule has 2 fully saturated rings. The van der Waals surface area contributed by atoms with Crippen molar-refractivity contribution in [3.8, 4) is 5.88 Å². The van der Waals surface area contributed by atoms with Crippen molar-refractivity contribution >= 4 is 46.1 Å². The molecule has 0 saturated carbocycles. The Hall–Kier alpha value is -3.12. The maximum absolute atomic E-state index is 15.4. The zero-order valence-corrected chi connectivity index (χ0v) is 25.5. The summed E-state index contributed by atoms with van der Waals surface area (Å²) in [7, 11) is 2.01. The minimum Gasteiger partial charge on any atom is -0.474 e. The Labute approximate surface area is 245 Å². The largest absolute Gasteiger partial charge is 0.474 e. The van der Waals surface area contributed by atoms with Gasteiger partial charge < -0.3 is 29.7 Å². The average molecular weight is 595 g/mol. The molecule has 11 nitrogen and oxygen atoms in total. The summed E-state index contributed by atoms with van der Waals surface area (Å²) in [4.78, 5) is 40.1. The van der Waals surface area contributed by atoms with E-state index in [2.05, 4.69) is 14.9 Å². The highest BCUT2D eigenvalue weighted by Crippen LogP contribution is 2.42. The molecule has 41 heavy (non-hydrogen) atoms. The summed E-state index contributed by atoms with van der Waals surface area (Å²) in [5.41, 5.74) is 5.16. The second-order valence-corrected chi connectivity index (χ2v) is 13.0. The third-order valence-corrected chi connectivity index (χ3v) is 7.26. The van der Waals surface area contributed by atoms with E-state index in [1.807, 2.05) is 7.05 Å². The Morgan fingerprint density at radius 1 is 1.15 bits per heavy atom. The summed E-state index contributed by atoms with van der Waals surface area (Å²) in [6.07, 6.45) is 2.48. The molecule has 0 spiro atoms. The summed E-state index contributed by atoms with van der Waals surface area (Å²) in [6.45, 7) is 12.3. The van der Waals surface area contributed by atoms with Gasteiger partial charge in [-0.15, -0.1) is 0 Å². The first-order valence-corrected chi connectivity index (χ1v) is 14.2. The van der Waals surface area contributed by atoms with Gasteiger partial charge in [-0.1, -0.05) is 11.6 Å². The minimum atomic E-state index is -0.862. The number of pyridine rings is 2. The van der Waals surface area contributed by atoms with Crippen LogP contribution in [0.2, 0.25) is 5.15 Å². The number of carbonyl (C=O) groups excluding carboxylic acids is 2. The number of rotatable bonds is 5. The molecule has 2 N–H and O–H groups in total. The maximum atomic E-state index is 15.4. The van der Waals surface area contributed by atoms with Gasteiger partial charge in [0.2, 0.25) is 5.88 Å². The fourth-order valence-corrected chi connectivity index (χ4v) is 5.20. The van der Waals surface area contributed by atoms with Gasteiger partial charge in [-0.25, -0.2) is 23.9 Å². The van der Waals surface area contributed by atoms with E-state index in [0.717, 1.165) is 19.4 Å². The van der Waals surface area contributed by atoms with Crippen LogP contribution in [-0.2, 0) is 9.47 Å². The molecular formula is C28H40ClFN6O5. The number of likely N-dealkylation sites (tertiary alicyclic amines) is 2. The number of anilines is 2. The molecule has 2 unspecified atom stereocenters. The van der Waals surface area contributed by atoms with Gasteiger partial charge in [0.1, 0.15) is 29.0 Å². The van der Waals surface area contributed by atoms with Crippen molar-refractivity contribution in [3.63, 3.8) is 0 Å². The Bertz CT molecular complexity index is 1310. The molecule has 0 radical (unpaired) electrons. The van der Waals surface area contributed by atoms with Crippen LogP contribution in [-0.4, -0.2) is 88.5 Å². The van der Waals surface area contributed by atoms with Gasteiger partial charge in [0.05, 0.1) is 11.7 Å². The summed E-state index contributed by atoms with van der Waals surface area (Å²) >= 11 is 6.03. The van der Waals surface area contributed by atoms with E-state index in [1.165, 1.54) is 16.0 Å². The van der Waals surface area contributed by atoms with Gasteiger partial charge in [0.15, 0.2) is 11.0 Å². The van der Waals surface area contributed by atoms with Crippen molar-refractivity contribution in [1.29, 1.82) is 0 Å². The number of hydrogen-bond acceptors (Lipinski definition) is 9. The van der Waals surface area contributed by atoms with Gasteiger partial charge in [-0.05, 0) is 74.4 Å². The normalized spacial score (nSPS) is 20.0. The quantitative estimate of drug-likeness (QED) is 0.463. The number of nitrogens with two attached hydrogens (primary N) is 1. The molecule has 13 heteroatoms. The maximum Gasteiger partial charge on any atom is 0.415 e. The van der Waals surface area contributed by atoms with Crippen molar-refractivity contribution < 1.29 is 28.2 Å². The van der Waals surface area contributed by atoms with Crippen molar-refractivity contribution in [3.05, 3.63) is 17.2 Å². The Balaban J connectivity index is 1.80. The summed E-state index contributed by atoms with van der Waals surface area (Å²) in [6, 6.07) is -0.432. The Kier molecular flexibility index (Phi) is 8.75. The van der Waals surface area contributed by atoms with E-state index in [0.29, 0.717) is 13.0 Å². The molecule has 2 aliphatic rings. The number of halogens is 2. The average Bonchev–Trinajstić information content (AvgIpc) is 3.49. The van der Waals surface area contributed by atoms with Crippen LogP contribution in [0.5, 0.6) is 5.88 Å². The lowest BCUT2D eigenvalue weighted by atomic mass is 10.1. The molecule has 2 aromatic rings. The summed E-state index contributed by atoms with van der Waals surface area (Å²) < 4.78 is 32.8. The van der Waals surface area contributed by atoms with E-state index >= 15 is 4.39 Å². The monoisotopic (exact) mass is 594 g/mol. The number of fused-ring (bicyclic) bond motifs is 1. The van der Waals surface area contributed by atoms with E-state index in [1.54, 1.807) is 41.5 Å². The first-order chi connectivity index (χ1) is 19.1. The molecule has 0 aromatic carbocycles. The fourth-order valence-electron chi connectivity index (χ4n) is 5.06. The lowest BCUT2D eigenvalue weighted by Crippen LogP contribution is -2.46. The number of hydrogen-bond donors (Lipinski definition) is 1. The van der Waals surface area contributed by atoms with E-state index in [4.69, 9.17) is 31.5 Å². The molecule has 2 aliphatic heterocycles. The first kappa shape index (κ1) is 30.8. The second kappa shape index (κ2) is 11.6. The third-order valence-electron chi connectivity index (χ3n) is 7.00. The zero-order chi connectivity index (χ0) is 30.3. The van der Waals surface area contributed by atoms with Crippen LogP contribution in [0.25, 0.3) is 10.9 Å².